The number of aliphatic carboxylic acids is 2. The SMILES string of the molecule is CN(C)C(=O)c1nn(C)c2c1CN(CC1CCOCC1)C2.O=C(O)C(F)(F)F.O=C(O)C(F)(F)F. The first-order chi connectivity index (χ1) is 15.9. The molecular formula is C19H26F6N4O6. The molecule has 3 rings (SSSR count). The predicted octanol–water partition coefficient (Wildman–Crippen LogP) is 2.13. The van der Waals surface area contributed by atoms with Crippen molar-refractivity contribution >= 4 is 17.8 Å². The lowest BCUT2D eigenvalue weighted by molar-refractivity contribution is -0.193. The molecule has 0 radical (unpaired) electrons. The van der Waals surface area contributed by atoms with Gasteiger partial charge in [-0.05, 0) is 18.8 Å². The molecule has 0 unspecified atom stereocenters. The van der Waals surface area contributed by atoms with Crippen molar-refractivity contribution in [3.8, 4) is 0 Å². The molecule has 0 atom stereocenters. The number of fused-ring (bicyclic) bond motifs is 1. The first-order valence-electron chi connectivity index (χ1n) is 10.1. The number of hydrogen-bond acceptors (Lipinski definition) is 6. The van der Waals surface area contributed by atoms with Gasteiger partial charge in [-0.2, -0.15) is 31.4 Å². The normalized spacial score (nSPS) is 16.4. The van der Waals surface area contributed by atoms with Crippen LogP contribution in [0.25, 0.3) is 0 Å². The summed E-state index contributed by atoms with van der Waals surface area (Å²) in [7, 11) is 5.49. The van der Waals surface area contributed by atoms with Gasteiger partial charge in [0.05, 0.1) is 5.69 Å². The molecule has 1 aromatic heterocycles. The molecule has 10 nitrogen and oxygen atoms in total. The minimum absolute atomic E-state index is 0.000216. The lowest BCUT2D eigenvalue weighted by Gasteiger charge is -2.26. The van der Waals surface area contributed by atoms with Crippen LogP contribution in [0, 0.1) is 5.92 Å². The molecule has 0 aromatic carbocycles. The quantitative estimate of drug-likeness (QED) is 0.581. The van der Waals surface area contributed by atoms with E-state index in [4.69, 9.17) is 24.5 Å². The first-order valence-corrected chi connectivity index (χ1v) is 10.1. The summed E-state index contributed by atoms with van der Waals surface area (Å²) < 4.78 is 70.8. The zero-order valence-corrected chi connectivity index (χ0v) is 19.1. The second kappa shape index (κ2) is 12.2. The summed E-state index contributed by atoms with van der Waals surface area (Å²) >= 11 is 0. The zero-order chi connectivity index (χ0) is 27.1. The van der Waals surface area contributed by atoms with Crippen LogP contribution < -0.4 is 0 Å². The molecule has 0 spiro atoms. The summed E-state index contributed by atoms with van der Waals surface area (Å²) in [5, 5.41) is 18.7. The van der Waals surface area contributed by atoms with E-state index in [-0.39, 0.29) is 5.91 Å². The van der Waals surface area contributed by atoms with Gasteiger partial charge in [-0.3, -0.25) is 14.4 Å². The van der Waals surface area contributed by atoms with Gasteiger partial charge >= 0.3 is 24.3 Å². The molecule has 2 aliphatic rings. The number of alkyl halides is 6. The van der Waals surface area contributed by atoms with E-state index < -0.39 is 24.3 Å². The lowest BCUT2D eigenvalue weighted by atomic mass is 10.00. The fourth-order valence-electron chi connectivity index (χ4n) is 3.26. The highest BCUT2D eigenvalue weighted by Gasteiger charge is 2.39. The van der Waals surface area contributed by atoms with Crippen LogP contribution in [-0.4, -0.2) is 93.8 Å². The van der Waals surface area contributed by atoms with E-state index in [1.54, 1.807) is 19.0 Å². The number of carbonyl (C=O) groups excluding carboxylic acids is 1. The molecule has 0 saturated carbocycles. The van der Waals surface area contributed by atoms with Crippen molar-refractivity contribution in [1.82, 2.24) is 19.6 Å². The first kappa shape index (κ1) is 30.2. The van der Waals surface area contributed by atoms with E-state index in [1.807, 2.05) is 11.7 Å². The number of halogens is 6. The standard InChI is InChI=1S/C15H24N4O2.2C2HF3O2/c1-17(2)15(20)14-12-9-19(10-13(12)18(3)16-14)8-11-4-6-21-7-5-11;2*3-2(4,5)1(6)7/h11H,4-10H2,1-3H3;2*(H,6,7). The van der Waals surface area contributed by atoms with Gasteiger partial charge in [0.15, 0.2) is 5.69 Å². The van der Waals surface area contributed by atoms with Gasteiger partial charge in [0.1, 0.15) is 0 Å². The molecule has 0 aliphatic carbocycles. The molecule has 1 aromatic rings. The van der Waals surface area contributed by atoms with E-state index in [0.29, 0.717) is 11.6 Å². The molecule has 3 heterocycles. The Hall–Kier alpha value is -2.88. The highest BCUT2D eigenvalue weighted by Crippen LogP contribution is 2.28. The average molecular weight is 520 g/mol. The van der Waals surface area contributed by atoms with E-state index in [9.17, 15) is 31.1 Å². The van der Waals surface area contributed by atoms with Crippen molar-refractivity contribution in [3.63, 3.8) is 0 Å². The Kier molecular flexibility index (Phi) is 10.5. The highest BCUT2D eigenvalue weighted by molar-refractivity contribution is 5.93. The maximum atomic E-state index is 12.2. The van der Waals surface area contributed by atoms with Gasteiger partial charge in [0.25, 0.3) is 5.91 Å². The number of ether oxygens (including phenoxy) is 1. The lowest BCUT2D eigenvalue weighted by Crippen LogP contribution is -2.30. The van der Waals surface area contributed by atoms with Gasteiger partial charge in [0, 0.05) is 59.6 Å². The van der Waals surface area contributed by atoms with Gasteiger partial charge in [-0.1, -0.05) is 0 Å². The maximum Gasteiger partial charge on any atom is 0.490 e. The van der Waals surface area contributed by atoms with Crippen LogP contribution in [0.15, 0.2) is 0 Å². The Morgan fingerprint density at radius 1 is 1.00 bits per heavy atom. The van der Waals surface area contributed by atoms with Crippen LogP contribution in [0.3, 0.4) is 0 Å². The molecule has 1 saturated heterocycles. The van der Waals surface area contributed by atoms with E-state index in [2.05, 4.69) is 10.00 Å². The predicted molar refractivity (Wildman–Crippen MR) is 106 cm³/mol. The highest BCUT2D eigenvalue weighted by atomic mass is 19.4. The van der Waals surface area contributed by atoms with Gasteiger partial charge < -0.3 is 19.8 Å². The molecular weight excluding hydrogens is 494 g/mol. The summed E-state index contributed by atoms with van der Waals surface area (Å²) in [6.07, 6.45) is -7.87. The third-order valence-corrected chi connectivity index (χ3v) is 4.98. The van der Waals surface area contributed by atoms with Crippen molar-refractivity contribution in [2.45, 2.75) is 38.3 Å². The van der Waals surface area contributed by atoms with Gasteiger partial charge in [-0.15, -0.1) is 0 Å². The minimum atomic E-state index is -5.08. The monoisotopic (exact) mass is 520 g/mol. The number of carboxylic acids is 2. The Morgan fingerprint density at radius 3 is 1.86 bits per heavy atom. The Morgan fingerprint density at radius 2 is 1.46 bits per heavy atom. The number of nitrogens with zero attached hydrogens (tertiary/aromatic N) is 4. The molecule has 2 N–H and O–H groups in total. The smallest absolute Gasteiger partial charge is 0.475 e. The summed E-state index contributed by atoms with van der Waals surface area (Å²) in [5.74, 6) is -4.80. The fraction of sp³-hybridized carbons (Fsp3) is 0.684. The molecule has 0 bridgehead atoms. The van der Waals surface area contributed by atoms with E-state index in [1.165, 1.54) is 5.69 Å². The summed E-state index contributed by atoms with van der Waals surface area (Å²) in [6, 6.07) is 0. The van der Waals surface area contributed by atoms with Crippen LogP contribution >= 0.6 is 0 Å². The molecule has 1 fully saturated rings. The Bertz CT molecular complexity index is 870. The van der Waals surface area contributed by atoms with Crippen molar-refractivity contribution in [2.24, 2.45) is 13.0 Å². The van der Waals surface area contributed by atoms with Crippen molar-refractivity contribution in [1.29, 1.82) is 0 Å². The number of aryl methyl sites for hydroxylation is 1. The van der Waals surface area contributed by atoms with E-state index >= 15 is 0 Å². The van der Waals surface area contributed by atoms with Crippen molar-refractivity contribution in [3.05, 3.63) is 17.0 Å². The number of carbonyl (C=O) groups is 3. The van der Waals surface area contributed by atoms with Crippen LogP contribution in [0.1, 0.15) is 34.6 Å². The maximum absolute atomic E-state index is 12.2. The molecule has 200 valence electrons. The minimum Gasteiger partial charge on any atom is -0.475 e. The topological polar surface area (TPSA) is 125 Å². The van der Waals surface area contributed by atoms with Crippen LogP contribution in [0.5, 0.6) is 0 Å². The number of hydrogen-bond donors (Lipinski definition) is 2. The van der Waals surface area contributed by atoms with Crippen LogP contribution in [0.4, 0.5) is 26.3 Å². The zero-order valence-electron chi connectivity index (χ0n) is 19.1. The third-order valence-electron chi connectivity index (χ3n) is 4.98. The number of rotatable bonds is 3. The Balaban J connectivity index is 0.000000362. The number of aromatic nitrogens is 2. The van der Waals surface area contributed by atoms with Crippen molar-refractivity contribution in [2.75, 3.05) is 33.9 Å². The third kappa shape index (κ3) is 9.35. The molecule has 16 heteroatoms. The van der Waals surface area contributed by atoms with Crippen LogP contribution in [0.2, 0.25) is 0 Å². The van der Waals surface area contributed by atoms with Crippen molar-refractivity contribution < 1.29 is 55.7 Å². The summed E-state index contributed by atoms with van der Waals surface area (Å²) in [4.78, 5) is 34.1. The molecule has 1 amide bonds. The summed E-state index contributed by atoms with van der Waals surface area (Å²) in [6.45, 7) is 4.61. The number of amides is 1. The van der Waals surface area contributed by atoms with Crippen LogP contribution in [-0.2, 0) is 34.5 Å². The molecule has 2 aliphatic heterocycles. The number of carboxylic acid groups (broad SMARTS) is 2. The molecule has 35 heavy (non-hydrogen) atoms. The van der Waals surface area contributed by atoms with Gasteiger partial charge in [0.2, 0.25) is 0 Å². The van der Waals surface area contributed by atoms with Gasteiger partial charge in [-0.25, -0.2) is 9.59 Å². The summed E-state index contributed by atoms with van der Waals surface area (Å²) in [5.41, 5.74) is 2.92. The largest absolute Gasteiger partial charge is 0.490 e. The Labute approximate surface area is 196 Å². The second-order valence-corrected chi connectivity index (χ2v) is 7.93. The van der Waals surface area contributed by atoms with E-state index in [0.717, 1.165) is 51.3 Å². The second-order valence-electron chi connectivity index (χ2n) is 7.93. The fourth-order valence-corrected chi connectivity index (χ4v) is 3.26. The average Bonchev–Trinajstić information content (AvgIpc) is 3.27.